The predicted molar refractivity (Wildman–Crippen MR) is 47.8 cm³/mol. The summed E-state index contributed by atoms with van der Waals surface area (Å²) in [5.41, 5.74) is 7.38. The third-order valence-electron chi connectivity index (χ3n) is 2.31. The minimum atomic E-state index is -0.325. The van der Waals surface area contributed by atoms with E-state index in [4.69, 9.17) is 15.7 Å². The lowest BCUT2D eigenvalue weighted by Gasteiger charge is -2.38. The number of ether oxygens (including phenoxy) is 1. The molecule has 0 saturated carbocycles. The SMILES string of the molecule is N#Cc1ccc(C2(N)COC2)cc1. The van der Waals surface area contributed by atoms with Crippen molar-refractivity contribution in [2.75, 3.05) is 13.2 Å². The molecule has 0 atom stereocenters. The lowest BCUT2D eigenvalue weighted by molar-refractivity contribution is -0.0569. The van der Waals surface area contributed by atoms with Crippen molar-refractivity contribution in [3.05, 3.63) is 35.4 Å². The zero-order chi connectivity index (χ0) is 9.31. The number of hydrogen-bond acceptors (Lipinski definition) is 3. The monoisotopic (exact) mass is 174 g/mol. The van der Waals surface area contributed by atoms with E-state index in [1.165, 1.54) is 0 Å². The lowest BCUT2D eigenvalue weighted by Crippen LogP contribution is -2.54. The summed E-state index contributed by atoms with van der Waals surface area (Å²) in [6.45, 7) is 1.14. The fraction of sp³-hybridized carbons (Fsp3) is 0.300. The van der Waals surface area contributed by atoms with Gasteiger partial charge in [-0.05, 0) is 17.7 Å². The summed E-state index contributed by atoms with van der Waals surface area (Å²) < 4.78 is 5.06. The molecule has 13 heavy (non-hydrogen) atoms. The third-order valence-corrected chi connectivity index (χ3v) is 2.31. The molecular weight excluding hydrogens is 164 g/mol. The van der Waals surface area contributed by atoms with Crippen LogP contribution in [0.15, 0.2) is 24.3 Å². The predicted octanol–water partition coefficient (Wildman–Crippen LogP) is 0.742. The molecule has 1 fully saturated rings. The highest BCUT2D eigenvalue weighted by atomic mass is 16.5. The molecule has 66 valence electrons. The van der Waals surface area contributed by atoms with Gasteiger partial charge in [0.25, 0.3) is 0 Å². The smallest absolute Gasteiger partial charge is 0.0991 e. The minimum absolute atomic E-state index is 0.325. The summed E-state index contributed by atoms with van der Waals surface area (Å²) in [5.74, 6) is 0. The molecule has 1 aliphatic heterocycles. The highest BCUT2D eigenvalue weighted by Crippen LogP contribution is 2.26. The summed E-state index contributed by atoms with van der Waals surface area (Å²) >= 11 is 0. The molecule has 0 radical (unpaired) electrons. The molecule has 1 saturated heterocycles. The van der Waals surface area contributed by atoms with Crippen molar-refractivity contribution in [2.45, 2.75) is 5.54 Å². The first-order valence-electron chi connectivity index (χ1n) is 4.12. The van der Waals surface area contributed by atoms with Crippen molar-refractivity contribution in [3.8, 4) is 6.07 Å². The summed E-state index contributed by atoms with van der Waals surface area (Å²) in [5, 5.41) is 8.60. The van der Waals surface area contributed by atoms with E-state index >= 15 is 0 Å². The van der Waals surface area contributed by atoms with Crippen molar-refractivity contribution < 1.29 is 4.74 Å². The standard InChI is InChI=1S/C10H10N2O/c11-5-8-1-3-9(4-2-8)10(12)6-13-7-10/h1-4H,6-7,12H2. The van der Waals surface area contributed by atoms with Crippen LogP contribution in [0.2, 0.25) is 0 Å². The number of nitrogens with two attached hydrogens (primary N) is 1. The van der Waals surface area contributed by atoms with Crippen LogP contribution < -0.4 is 5.73 Å². The molecule has 2 rings (SSSR count). The molecule has 0 aliphatic carbocycles. The molecule has 0 bridgehead atoms. The Morgan fingerprint density at radius 2 is 1.92 bits per heavy atom. The van der Waals surface area contributed by atoms with E-state index in [1.807, 2.05) is 12.1 Å². The molecule has 3 nitrogen and oxygen atoms in total. The summed E-state index contributed by atoms with van der Waals surface area (Å²) in [6.07, 6.45) is 0. The van der Waals surface area contributed by atoms with E-state index in [-0.39, 0.29) is 5.54 Å². The first-order valence-corrected chi connectivity index (χ1v) is 4.12. The zero-order valence-corrected chi connectivity index (χ0v) is 7.16. The molecule has 1 aromatic carbocycles. The Morgan fingerprint density at radius 1 is 1.31 bits per heavy atom. The lowest BCUT2D eigenvalue weighted by atomic mass is 9.89. The van der Waals surface area contributed by atoms with Gasteiger partial charge in [0, 0.05) is 0 Å². The molecule has 0 unspecified atom stereocenters. The Labute approximate surface area is 76.7 Å². The van der Waals surface area contributed by atoms with Gasteiger partial charge in [-0.3, -0.25) is 0 Å². The first kappa shape index (κ1) is 8.24. The van der Waals surface area contributed by atoms with Crippen LogP contribution in [0, 0.1) is 11.3 Å². The van der Waals surface area contributed by atoms with E-state index in [2.05, 4.69) is 6.07 Å². The molecular formula is C10H10N2O. The molecule has 0 amide bonds. The number of nitriles is 1. The van der Waals surface area contributed by atoms with Gasteiger partial charge in [-0.1, -0.05) is 12.1 Å². The minimum Gasteiger partial charge on any atom is -0.377 e. The number of hydrogen-bond donors (Lipinski definition) is 1. The van der Waals surface area contributed by atoms with Gasteiger partial charge in [-0.2, -0.15) is 5.26 Å². The van der Waals surface area contributed by atoms with Crippen LogP contribution in [0.5, 0.6) is 0 Å². The number of benzene rings is 1. The second-order valence-electron chi connectivity index (χ2n) is 3.34. The second kappa shape index (κ2) is 2.84. The average molecular weight is 174 g/mol. The van der Waals surface area contributed by atoms with Gasteiger partial charge in [-0.25, -0.2) is 0 Å². The van der Waals surface area contributed by atoms with Crippen molar-refractivity contribution in [1.29, 1.82) is 5.26 Å². The summed E-state index contributed by atoms with van der Waals surface area (Å²) in [7, 11) is 0. The highest BCUT2D eigenvalue weighted by molar-refractivity contribution is 5.35. The molecule has 3 heteroatoms. The Hall–Kier alpha value is -1.37. The topological polar surface area (TPSA) is 59.0 Å². The van der Waals surface area contributed by atoms with Crippen LogP contribution in [-0.2, 0) is 10.3 Å². The van der Waals surface area contributed by atoms with Crippen LogP contribution in [0.1, 0.15) is 11.1 Å². The maximum Gasteiger partial charge on any atom is 0.0991 e. The molecule has 0 spiro atoms. The fourth-order valence-corrected chi connectivity index (χ4v) is 1.37. The van der Waals surface area contributed by atoms with Crippen LogP contribution in [-0.4, -0.2) is 13.2 Å². The fourth-order valence-electron chi connectivity index (χ4n) is 1.37. The highest BCUT2D eigenvalue weighted by Gasteiger charge is 2.35. The van der Waals surface area contributed by atoms with Gasteiger partial charge in [0.1, 0.15) is 0 Å². The van der Waals surface area contributed by atoms with E-state index in [0.717, 1.165) is 5.56 Å². The third kappa shape index (κ3) is 1.31. The zero-order valence-electron chi connectivity index (χ0n) is 7.16. The van der Waals surface area contributed by atoms with Gasteiger partial charge < -0.3 is 10.5 Å². The number of rotatable bonds is 1. The van der Waals surface area contributed by atoms with Gasteiger partial charge in [0.2, 0.25) is 0 Å². The largest absolute Gasteiger partial charge is 0.377 e. The van der Waals surface area contributed by atoms with Crippen molar-refractivity contribution >= 4 is 0 Å². The second-order valence-corrected chi connectivity index (χ2v) is 3.34. The van der Waals surface area contributed by atoms with Crippen LogP contribution in [0.25, 0.3) is 0 Å². The van der Waals surface area contributed by atoms with Gasteiger partial charge in [0.15, 0.2) is 0 Å². The average Bonchev–Trinajstić information content (AvgIpc) is 2.14. The van der Waals surface area contributed by atoms with Crippen LogP contribution in [0.3, 0.4) is 0 Å². The molecule has 1 heterocycles. The van der Waals surface area contributed by atoms with Crippen molar-refractivity contribution in [1.82, 2.24) is 0 Å². The maximum absolute atomic E-state index is 8.60. The normalized spacial score (nSPS) is 18.8. The van der Waals surface area contributed by atoms with E-state index < -0.39 is 0 Å². The Kier molecular flexibility index (Phi) is 1.80. The van der Waals surface area contributed by atoms with Crippen molar-refractivity contribution in [2.24, 2.45) is 5.73 Å². The summed E-state index contributed by atoms with van der Waals surface area (Å²) in [4.78, 5) is 0. The molecule has 1 aromatic rings. The van der Waals surface area contributed by atoms with Gasteiger partial charge in [-0.15, -0.1) is 0 Å². The van der Waals surface area contributed by atoms with Gasteiger partial charge in [0.05, 0.1) is 30.4 Å². The Morgan fingerprint density at radius 3 is 2.31 bits per heavy atom. The quantitative estimate of drug-likeness (QED) is 0.683. The molecule has 0 aromatic heterocycles. The Bertz CT molecular complexity index is 346. The Balaban J connectivity index is 2.28. The van der Waals surface area contributed by atoms with E-state index in [1.54, 1.807) is 12.1 Å². The van der Waals surface area contributed by atoms with Gasteiger partial charge >= 0.3 is 0 Å². The van der Waals surface area contributed by atoms with Crippen LogP contribution >= 0.6 is 0 Å². The summed E-state index contributed by atoms with van der Waals surface area (Å²) in [6, 6.07) is 9.41. The maximum atomic E-state index is 8.60. The first-order chi connectivity index (χ1) is 6.24. The molecule has 2 N–H and O–H groups in total. The van der Waals surface area contributed by atoms with Crippen LogP contribution in [0.4, 0.5) is 0 Å². The van der Waals surface area contributed by atoms with E-state index in [9.17, 15) is 0 Å². The van der Waals surface area contributed by atoms with E-state index in [0.29, 0.717) is 18.8 Å². The molecule has 1 aliphatic rings. The number of nitrogens with zero attached hydrogens (tertiary/aromatic N) is 1. The van der Waals surface area contributed by atoms with Crippen molar-refractivity contribution in [3.63, 3.8) is 0 Å².